The van der Waals surface area contributed by atoms with E-state index in [1.807, 2.05) is 0 Å². The van der Waals surface area contributed by atoms with Crippen molar-refractivity contribution in [2.45, 2.75) is 6.61 Å². The Morgan fingerprint density at radius 2 is 2.70 bits per heavy atom. The van der Waals surface area contributed by atoms with Gasteiger partial charge in [0.05, 0.1) is 0 Å². The van der Waals surface area contributed by atoms with Gasteiger partial charge in [-0.25, -0.2) is 4.79 Å². The van der Waals surface area contributed by atoms with Crippen LogP contribution in [0.15, 0.2) is 16.9 Å². The first kappa shape index (κ1) is 6.60. The molecule has 0 aromatic carbocycles. The van der Waals surface area contributed by atoms with Crippen LogP contribution in [0, 0.1) is 0 Å². The highest BCUT2D eigenvalue weighted by Crippen LogP contribution is 1.95. The number of ether oxygens (including phenoxy) is 1. The number of hydrogen-bond acceptors (Lipinski definition) is 4. The van der Waals surface area contributed by atoms with Gasteiger partial charge < -0.3 is 15.0 Å². The van der Waals surface area contributed by atoms with Crippen molar-refractivity contribution in [3.63, 3.8) is 0 Å². The number of carbonyl (C=O) groups excluding carboxylic acids is 1. The fourth-order valence-electron chi connectivity index (χ4n) is 0.457. The van der Waals surface area contributed by atoms with Crippen LogP contribution >= 0.6 is 0 Å². The fraction of sp³-hybridized carbons (Fsp3) is 0.200. The van der Waals surface area contributed by atoms with Gasteiger partial charge in [-0.15, -0.1) is 0 Å². The molecule has 0 fully saturated rings. The van der Waals surface area contributed by atoms with Gasteiger partial charge in [0.1, 0.15) is 18.6 Å². The van der Waals surface area contributed by atoms with Crippen molar-refractivity contribution in [1.29, 1.82) is 0 Å². The van der Waals surface area contributed by atoms with Crippen molar-refractivity contribution < 1.29 is 14.1 Å². The van der Waals surface area contributed by atoms with E-state index in [1.54, 1.807) is 6.07 Å². The SMILES string of the molecule is NC(=O)OCc1ccon1. The van der Waals surface area contributed by atoms with E-state index in [2.05, 4.69) is 20.2 Å². The van der Waals surface area contributed by atoms with Gasteiger partial charge in [-0.1, -0.05) is 5.16 Å². The summed E-state index contributed by atoms with van der Waals surface area (Å²) in [5.74, 6) is 0. The second kappa shape index (κ2) is 2.86. The van der Waals surface area contributed by atoms with Crippen LogP contribution in [-0.2, 0) is 11.3 Å². The minimum atomic E-state index is -0.817. The third kappa shape index (κ3) is 1.77. The Balaban J connectivity index is 2.35. The van der Waals surface area contributed by atoms with Crippen LogP contribution in [0.2, 0.25) is 0 Å². The highest BCUT2D eigenvalue weighted by atomic mass is 16.5. The van der Waals surface area contributed by atoms with Gasteiger partial charge in [-0.05, 0) is 0 Å². The lowest BCUT2D eigenvalue weighted by Gasteiger charge is -1.93. The molecule has 1 aromatic heterocycles. The lowest BCUT2D eigenvalue weighted by molar-refractivity contribution is 0.147. The molecule has 2 N–H and O–H groups in total. The number of nitrogens with zero attached hydrogens (tertiary/aromatic N) is 1. The Morgan fingerprint density at radius 1 is 1.90 bits per heavy atom. The summed E-state index contributed by atoms with van der Waals surface area (Å²) in [7, 11) is 0. The van der Waals surface area contributed by atoms with E-state index in [1.165, 1.54) is 6.26 Å². The van der Waals surface area contributed by atoms with E-state index in [4.69, 9.17) is 0 Å². The summed E-state index contributed by atoms with van der Waals surface area (Å²) in [6, 6.07) is 1.59. The Morgan fingerprint density at radius 3 is 3.20 bits per heavy atom. The van der Waals surface area contributed by atoms with Crippen molar-refractivity contribution in [2.75, 3.05) is 0 Å². The average Bonchev–Trinajstić information content (AvgIpc) is 2.34. The first-order valence-electron chi connectivity index (χ1n) is 2.60. The summed E-state index contributed by atoms with van der Waals surface area (Å²) in [5.41, 5.74) is 5.23. The van der Waals surface area contributed by atoms with Crippen LogP contribution in [0.1, 0.15) is 5.69 Å². The van der Waals surface area contributed by atoms with E-state index in [9.17, 15) is 4.79 Å². The van der Waals surface area contributed by atoms with E-state index in [-0.39, 0.29) is 6.61 Å². The van der Waals surface area contributed by atoms with Gasteiger partial charge in [-0.2, -0.15) is 0 Å². The van der Waals surface area contributed by atoms with Crippen LogP contribution in [-0.4, -0.2) is 11.2 Å². The van der Waals surface area contributed by atoms with E-state index in [0.717, 1.165) is 0 Å². The predicted molar refractivity (Wildman–Crippen MR) is 30.9 cm³/mol. The molecule has 0 saturated carbocycles. The lowest BCUT2D eigenvalue weighted by Crippen LogP contribution is -2.12. The average molecular weight is 142 g/mol. The molecular weight excluding hydrogens is 136 g/mol. The number of hydrogen-bond donors (Lipinski definition) is 1. The smallest absolute Gasteiger partial charge is 0.404 e. The lowest BCUT2D eigenvalue weighted by atomic mass is 10.5. The van der Waals surface area contributed by atoms with Gasteiger partial charge in [0.2, 0.25) is 0 Å². The summed E-state index contributed by atoms with van der Waals surface area (Å²) >= 11 is 0. The Labute approximate surface area is 56.7 Å². The maximum Gasteiger partial charge on any atom is 0.404 e. The molecule has 0 saturated heterocycles. The molecule has 0 spiro atoms. The summed E-state index contributed by atoms with van der Waals surface area (Å²) < 4.78 is 8.87. The molecule has 0 aliphatic heterocycles. The summed E-state index contributed by atoms with van der Waals surface area (Å²) in [5, 5.41) is 3.48. The third-order valence-electron chi connectivity index (χ3n) is 0.854. The first-order chi connectivity index (χ1) is 4.79. The van der Waals surface area contributed by atoms with Crippen LogP contribution < -0.4 is 5.73 Å². The highest BCUT2D eigenvalue weighted by Gasteiger charge is 1.97. The van der Waals surface area contributed by atoms with Crippen molar-refractivity contribution in [1.82, 2.24) is 5.16 Å². The predicted octanol–water partition coefficient (Wildman–Crippen LogP) is 0.270. The molecule has 10 heavy (non-hydrogen) atoms. The second-order valence-electron chi connectivity index (χ2n) is 1.60. The second-order valence-corrected chi connectivity index (χ2v) is 1.60. The molecule has 0 unspecified atom stereocenters. The van der Waals surface area contributed by atoms with Crippen LogP contribution in [0.4, 0.5) is 4.79 Å². The van der Waals surface area contributed by atoms with Crippen molar-refractivity contribution >= 4 is 6.09 Å². The first-order valence-corrected chi connectivity index (χ1v) is 2.60. The maximum absolute atomic E-state index is 10.0. The summed E-state index contributed by atoms with van der Waals surface area (Å²) in [6.07, 6.45) is 0.572. The Kier molecular flexibility index (Phi) is 1.89. The molecule has 0 radical (unpaired) electrons. The summed E-state index contributed by atoms with van der Waals surface area (Å²) in [6.45, 7) is 0.0613. The quantitative estimate of drug-likeness (QED) is 0.642. The number of carbonyl (C=O) groups is 1. The maximum atomic E-state index is 10.0. The molecule has 0 aliphatic carbocycles. The molecule has 1 heterocycles. The largest absolute Gasteiger partial charge is 0.443 e. The molecule has 0 bridgehead atoms. The number of primary amides is 1. The van der Waals surface area contributed by atoms with Gasteiger partial charge in [0.15, 0.2) is 0 Å². The molecular formula is C5H6N2O3. The molecule has 5 heteroatoms. The zero-order valence-corrected chi connectivity index (χ0v) is 5.11. The van der Waals surface area contributed by atoms with Gasteiger partial charge in [0, 0.05) is 6.07 Å². The monoisotopic (exact) mass is 142 g/mol. The minimum absolute atomic E-state index is 0.0613. The van der Waals surface area contributed by atoms with E-state index >= 15 is 0 Å². The zero-order valence-electron chi connectivity index (χ0n) is 5.11. The van der Waals surface area contributed by atoms with Gasteiger partial charge in [0.25, 0.3) is 0 Å². The third-order valence-corrected chi connectivity index (χ3v) is 0.854. The highest BCUT2D eigenvalue weighted by molar-refractivity contribution is 5.64. The molecule has 1 aromatic rings. The standard InChI is InChI=1S/C5H6N2O3/c6-5(8)9-3-4-1-2-10-7-4/h1-2H,3H2,(H2,6,8). The van der Waals surface area contributed by atoms with Gasteiger partial charge in [-0.3, -0.25) is 0 Å². The molecule has 0 aliphatic rings. The van der Waals surface area contributed by atoms with E-state index < -0.39 is 6.09 Å². The van der Waals surface area contributed by atoms with E-state index in [0.29, 0.717) is 5.69 Å². The molecule has 1 amide bonds. The fourth-order valence-corrected chi connectivity index (χ4v) is 0.457. The Hall–Kier alpha value is -1.52. The molecule has 5 nitrogen and oxygen atoms in total. The number of nitrogens with two attached hydrogens (primary N) is 1. The molecule has 0 atom stereocenters. The molecule has 1 rings (SSSR count). The van der Waals surface area contributed by atoms with Crippen molar-refractivity contribution in [3.05, 3.63) is 18.0 Å². The van der Waals surface area contributed by atoms with Gasteiger partial charge >= 0.3 is 6.09 Å². The molecule has 54 valence electrons. The minimum Gasteiger partial charge on any atom is -0.443 e. The van der Waals surface area contributed by atoms with Crippen LogP contribution in [0.3, 0.4) is 0 Å². The van der Waals surface area contributed by atoms with Crippen molar-refractivity contribution in [2.24, 2.45) is 5.73 Å². The van der Waals surface area contributed by atoms with Crippen molar-refractivity contribution in [3.8, 4) is 0 Å². The normalized spacial score (nSPS) is 9.20. The Bertz CT molecular complexity index is 207. The summed E-state index contributed by atoms with van der Waals surface area (Å²) in [4.78, 5) is 10.0. The van der Waals surface area contributed by atoms with Crippen LogP contribution in [0.5, 0.6) is 0 Å². The van der Waals surface area contributed by atoms with Crippen LogP contribution in [0.25, 0.3) is 0 Å². The topological polar surface area (TPSA) is 78.4 Å². The number of amides is 1. The number of rotatable bonds is 2. The zero-order chi connectivity index (χ0) is 7.40. The number of aromatic nitrogens is 1.